The summed E-state index contributed by atoms with van der Waals surface area (Å²) >= 11 is 0. The standard InChI is InChI=1S/C17H14N4O5/c18-10-11-4-6-13(7-5-11)19-17(24)20-15(9-16(22)23)12-2-1-3-14(8-12)21(25)26/h1-8,15H,9H2,(H,22,23)(H2,19,20,24). The van der Waals surface area contributed by atoms with Crippen LogP contribution in [0.4, 0.5) is 16.2 Å². The molecule has 0 heterocycles. The van der Waals surface area contributed by atoms with Crippen molar-refractivity contribution in [3.05, 3.63) is 69.8 Å². The highest BCUT2D eigenvalue weighted by atomic mass is 16.6. The van der Waals surface area contributed by atoms with Crippen molar-refractivity contribution in [3.8, 4) is 6.07 Å². The first-order valence-electron chi connectivity index (χ1n) is 7.43. The molecule has 0 fully saturated rings. The molecule has 2 rings (SSSR count). The topological polar surface area (TPSA) is 145 Å². The van der Waals surface area contributed by atoms with Gasteiger partial charge < -0.3 is 15.7 Å². The maximum absolute atomic E-state index is 12.1. The molecule has 26 heavy (non-hydrogen) atoms. The predicted octanol–water partition coefficient (Wildman–Crippen LogP) is 2.80. The van der Waals surface area contributed by atoms with Gasteiger partial charge >= 0.3 is 12.0 Å². The number of nitrogens with one attached hydrogen (secondary N) is 2. The Morgan fingerprint density at radius 3 is 2.50 bits per heavy atom. The molecule has 132 valence electrons. The molecule has 9 nitrogen and oxygen atoms in total. The number of carboxylic acid groups (broad SMARTS) is 1. The monoisotopic (exact) mass is 354 g/mol. The summed E-state index contributed by atoms with van der Waals surface area (Å²) in [4.78, 5) is 33.5. The SMILES string of the molecule is N#Cc1ccc(NC(=O)NC(CC(=O)O)c2cccc([N+](=O)[O-])c2)cc1. The molecule has 0 aliphatic carbocycles. The Bertz CT molecular complexity index is 873. The molecule has 9 heteroatoms. The van der Waals surface area contributed by atoms with Crippen LogP contribution in [0.15, 0.2) is 48.5 Å². The third-order valence-corrected chi connectivity index (χ3v) is 3.44. The first-order valence-corrected chi connectivity index (χ1v) is 7.43. The van der Waals surface area contributed by atoms with Crippen molar-refractivity contribution < 1.29 is 19.6 Å². The van der Waals surface area contributed by atoms with E-state index < -0.39 is 29.4 Å². The zero-order valence-corrected chi connectivity index (χ0v) is 13.4. The van der Waals surface area contributed by atoms with Crippen molar-refractivity contribution in [2.75, 3.05) is 5.32 Å². The smallest absolute Gasteiger partial charge is 0.319 e. The van der Waals surface area contributed by atoms with Crippen molar-refractivity contribution in [2.45, 2.75) is 12.5 Å². The second-order valence-corrected chi connectivity index (χ2v) is 5.29. The molecule has 2 aromatic rings. The molecule has 0 aliphatic rings. The number of carbonyl (C=O) groups is 2. The highest BCUT2D eigenvalue weighted by molar-refractivity contribution is 5.89. The summed E-state index contributed by atoms with van der Waals surface area (Å²) in [5.41, 5.74) is 0.940. The van der Waals surface area contributed by atoms with Gasteiger partial charge in [-0.05, 0) is 29.8 Å². The normalized spacial score (nSPS) is 11.0. The molecule has 0 spiro atoms. The third kappa shape index (κ3) is 5.04. The van der Waals surface area contributed by atoms with Gasteiger partial charge in [0.1, 0.15) is 0 Å². The number of non-ortho nitro benzene ring substituents is 1. The number of nitro benzene ring substituents is 1. The van der Waals surface area contributed by atoms with Gasteiger partial charge in [-0.3, -0.25) is 14.9 Å². The number of hydrogen-bond donors (Lipinski definition) is 3. The van der Waals surface area contributed by atoms with Gasteiger partial charge in [-0.2, -0.15) is 5.26 Å². The first kappa shape index (κ1) is 18.4. The van der Waals surface area contributed by atoms with Crippen LogP contribution in [0.3, 0.4) is 0 Å². The van der Waals surface area contributed by atoms with Crippen LogP contribution < -0.4 is 10.6 Å². The number of carbonyl (C=O) groups excluding carboxylic acids is 1. The number of benzene rings is 2. The number of rotatable bonds is 6. The molecule has 0 bridgehead atoms. The molecular weight excluding hydrogens is 340 g/mol. The van der Waals surface area contributed by atoms with Crippen LogP contribution in [0, 0.1) is 21.4 Å². The summed E-state index contributed by atoms with van der Waals surface area (Å²) < 4.78 is 0. The average Bonchev–Trinajstić information content (AvgIpc) is 2.61. The molecule has 2 aromatic carbocycles. The van der Waals surface area contributed by atoms with E-state index in [1.165, 1.54) is 48.5 Å². The molecule has 0 aliphatic heterocycles. The summed E-state index contributed by atoms with van der Waals surface area (Å²) in [6.07, 6.45) is -0.443. The van der Waals surface area contributed by atoms with Crippen molar-refractivity contribution in [1.29, 1.82) is 5.26 Å². The number of hydrogen-bond acceptors (Lipinski definition) is 5. The van der Waals surface area contributed by atoms with Crippen LogP contribution in [-0.4, -0.2) is 22.0 Å². The van der Waals surface area contributed by atoms with Crippen LogP contribution in [-0.2, 0) is 4.79 Å². The Balaban J connectivity index is 2.15. The fourth-order valence-electron chi connectivity index (χ4n) is 2.24. The van der Waals surface area contributed by atoms with Gasteiger partial charge in [0.25, 0.3) is 5.69 Å². The lowest BCUT2D eigenvalue weighted by Gasteiger charge is -2.18. The molecule has 1 unspecified atom stereocenters. The highest BCUT2D eigenvalue weighted by Gasteiger charge is 2.20. The number of nitriles is 1. The first-order chi connectivity index (χ1) is 12.4. The number of urea groups is 1. The summed E-state index contributed by atoms with van der Waals surface area (Å²) in [5, 5.41) is 33.7. The zero-order chi connectivity index (χ0) is 19.1. The molecule has 1 atom stereocenters. The molecule has 0 aromatic heterocycles. The van der Waals surface area contributed by atoms with Gasteiger partial charge in [0, 0.05) is 17.8 Å². The quantitative estimate of drug-likeness (QED) is 0.537. The molecular formula is C17H14N4O5. The number of amides is 2. The lowest BCUT2D eigenvalue weighted by molar-refractivity contribution is -0.384. The van der Waals surface area contributed by atoms with Gasteiger partial charge in [0.05, 0.1) is 29.0 Å². The highest BCUT2D eigenvalue weighted by Crippen LogP contribution is 2.22. The Hall–Kier alpha value is -3.93. The number of carboxylic acids is 1. The zero-order valence-electron chi connectivity index (χ0n) is 13.4. The van der Waals surface area contributed by atoms with E-state index in [1.54, 1.807) is 0 Å². The fraction of sp³-hybridized carbons (Fsp3) is 0.118. The Kier molecular flexibility index (Phi) is 5.84. The Morgan fingerprint density at radius 1 is 1.23 bits per heavy atom. The van der Waals surface area contributed by atoms with Crippen LogP contribution >= 0.6 is 0 Å². The lowest BCUT2D eigenvalue weighted by Crippen LogP contribution is -2.33. The van der Waals surface area contributed by atoms with Crippen LogP contribution in [0.1, 0.15) is 23.6 Å². The van der Waals surface area contributed by atoms with Crippen molar-refractivity contribution in [3.63, 3.8) is 0 Å². The van der Waals surface area contributed by atoms with Gasteiger partial charge in [-0.15, -0.1) is 0 Å². The molecule has 0 radical (unpaired) electrons. The maximum atomic E-state index is 12.1. The van der Waals surface area contributed by atoms with Crippen LogP contribution in [0.2, 0.25) is 0 Å². The second-order valence-electron chi connectivity index (χ2n) is 5.29. The fourth-order valence-corrected chi connectivity index (χ4v) is 2.24. The van der Waals surface area contributed by atoms with E-state index in [0.717, 1.165) is 0 Å². The Labute approximate surface area is 148 Å². The summed E-state index contributed by atoms with van der Waals surface area (Å²) in [6, 6.07) is 11.8. The minimum Gasteiger partial charge on any atom is -0.481 e. The largest absolute Gasteiger partial charge is 0.481 e. The van der Waals surface area contributed by atoms with E-state index in [2.05, 4.69) is 10.6 Å². The summed E-state index contributed by atoms with van der Waals surface area (Å²) in [7, 11) is 0. The average molecular weight is 354 g/mol. The third-order valence-electron chi connectivity index (χ3n) is 3.44. The summed E-state index contributed by atoms with van der Waals surface area (Å²) in [5.74, 6) is -1.17. The predicted molar refractivity (Wildman–Crippen MR) is 91.4 cm³/mol. The Morgan fingerprint density at radius 2 is 1.92 bits per heavy atom. The van der Waals surface area contributed by atoms with Crippen molar-refractivity contribution in [2.24, 2.45) is 0 Å². The van der Waals surface area contributed by atoms with Crippen molar-refractivity contribution in [1.82, 2.24) is 5.32 Å². The number of anilines is 1. The van der Waals surface area contributed by atoms with Gasteiger partial charge in [0.15, 0.2) is 0 Å². The van der Waals surface area contributed by atoms with Crippen LogP contribution in [0.5, 0.6) is 0 Å². The van der Waals surface area contributed by atoms with Crippen molar-refractivity contribution >= 4 is 23.4 Å². The lowest BCUT2D eigenvalue weighted by atomic mass is 10.0. The number of aliphatic carboxylic acids is 1. The van der Waals surface area contributed by atoms with E-state index in [4.69, 9.17) is 10.4 Å². The van der Waals surface area contributed by atoms with Crippen LogP contribution in [0.25, 0.3) is 0 Å². The van der Waals surface area contributed by atoms with E-state index in [1.807, 2.05) is 6.07 Å². The maximum Gasteiger partial charge on any atom is 0.319 e. The molecule has 2 amide bonds. The van der Waals surface area contributed by atoms with Gasteiger partial charge in [-0.1, -0.05) is 12.1 Å². The number of nitro groups is 1. The van der Waals surface area contributed by atoms with E-state index in [0.29, 0.717) is 16.8 Å². The molecule has 0 saturated carbocycles. The van der Waals surface area contributed by atoms with Gasteiger partial charge in [-0.25, -0.2) is 4.79 Å². The molecule has 0 saturated heterocycles. The second kappa shape index (κ2) is 8.25. The number of nitrogens with zero attached hydrogens (tertiary/aromatic N) is 2. The summed E-state index contributed by atoms with van der Waals surface area (Å²) in [6.45, 7) is 0. The molecule has 3 N–H and O–H groups in total. The minimum absolute atomic E-state index is 0.202. The van der Waals surface area contributed by atoms with E-state index in [-0.39, 0.29) is 5.69 Å². The minimum atomic E-state index is -1.17. The van der Waals surface area contributed by atoms with Gasteiger partial charge in [0.2, 0.25) is 0 Å². The van der Waals surface area contributed by atoms with E-state index >= 15 is 0 Å². The van der Waals surface area contributed by atoms with E-state index in [9.17, 15) is 19.7 Å².